The molecular weight excluding hydrogens is 250 g/mol. The molecule has 0 aromatic heterocycles. The van der Waals surface area contributed by atoms with Gasteiger partial charge < -0.3 is 20.6 Å². The highest BCUT2D eigenvalue weighted by Crippen LogP contribution is 1.95. The Bertz CT molecular complexity index is 376. The molecule has 106 valence electrons. The molecule has 0 rings (SSSR count). The lowest BCUT2D eigenvalue weighted by Gasteiger charge is -2.22. The van der Waals surface area contributed by atoms with Gasteiger partial charge in [-0.25, -0.2) is 9.59 Å². The summed E-state index contributed by atoms with van der Waals surface area (Å²) >= 11 is 0. The Labute approximate surface area is 112 Å². The number of nitrogens with one attached hydrogen (secondary N) is 2. The monoisotopic (exact) mass is 269 g/mol. The van der Waals surface area contributed by atoms with Gasteiger partial charge in [-0.05, 0) is 13.8 Å². The Morgan fingerprint density at radius 2 is 2.00 bits per heavy atom. The first kappa shape index (κ1) is 16.8. The average Bonchev–Trinajstić information content (AvgIpc) is 2.35. The first-order valence-electron chi connectivity index (χ1n) is 5.94. The number of amides is 3. The van der Waals surface area contributed by atoms with E-state index in [4.69, 9.17) is 11.5 Å². The lowest BCUT2D eigenvalue weighted by molar-refractivity contribution is -0.139. The fourth-order valence-corrected chi connectivity index (χ4v) is 1.31. The van der Waals surface area contributed by atoms with Crippen LogP contribution in [0.1, 0.15) is 20.3 Å². The van der Waals surface area contributed by atoms with E-state index < -0.39 is 18.0 Å². The Hall–Kier alpha value is -2.23. The van der Waals surface area contributed by atoms with Gasteiger partial charge in [-0.3, -0.25) is 4.79 Å². The summed E-state index contributed by atoms with van der Waals surface area (Å²) in [6, 6.07) is -1.78. The summed E-state index contributed by atoms with van der Waals surface area (Å²) < 4.78 is 0. The molecule has 1 unspecified atom stereocenters. The number of carboxylic acids is 1. The highest BCUT2D eigenvalue weighted by molar-refractivity contribution is 5.86. The van der Waals surface area contributed by atoms with Crippen molar-refractivity contribution >= 4 is 17.9 Å². The van der Waals surface area contributed by atoms with Crippen LogP contribution in [0, 0.1) is 12.3 Å². The first-order chi connectivity index (χ1) is 8.96. The molecule has 0 aliphatic rings. The molecular formula is C12H19N3O4. The van der Waals surface area contributed by atoms with E-state index >= 15 is 0 Å². The molecule has 0 aromatic carbocycles. The number of hydrogen-bond donors (Lipinski definition) is 3. The molecule has 0 radical (unpaired) electrons. The second kappa shape index (κ2) is 8.80. The number of carbonyl (C=O) groups is 3. The van der Waals surface area contributed by atoms with Crippen molar-refractivity contribution in [1.82, 2.24) is 15.5 Å². The summed E-state index contributed by atoms with van der Waals surface area (Å²) in [4.78, 5) is 35.2. The van der Waals surface area contributed by atoms with Gasteiger partial charge in [-0.1, -0.05) is 0 Å². The SMILES string of the molecule is C#CCC(NC(=O)N(CC)CC(=O)NCC)C(=O)O. The van der Waals surface area contributed by atoms with Crippen LogP contribution in [0.4, 0.5) is 4.79 Å². The Morgan fingerprint density at radius 1 is 1.37 bits per heavy atom. The van der Waals surface area contributed by atoms with Crippen molar-refractivity contribution < 1.29 is 19.5 Å². The molecule has 0 aliphatic heterocycles. The lowest BCUT2D eigenvalue weighted by atomic mass is 10.2. The van der Waals surface area contributed by atoms with Crippen molar-refractivity contribution in [2.24, 2.45) is 0 Å². The van der Waals surface area contributed by atoms with Gasteiger partial charge in [0.15, 0.2) is 0 Å². The van der Waals surface area contributed by atoms with Gasteiger partial charge in [-0.15, -0.1) is 12.3 Å². The lowest BCUT2D eigenvalue weighted by Crippen LogP contribution is -2.50. The van der Waals surface area contributed by atoms with Crippen molar-refractivity contribution in [1.29, 1.82) is 0 Å². The van der Waals surface area contributed by atoms with Gasteiger partial charge in [0.2, 0.25) is 5.91 Å². The van der Waals surface area contributed by atoms with Crippen LogP contribution >= 0.6 is 0 Å². The summed E-state index contributed by atoms with van der Waals surface area (Å²) in [7, 11) is 0. The molecule has 3 amide bonds. The molecule has 0 fully saturated rings. The van der Waals surface area contributed by atoms with Gasteiger partial charge in [0.25, 0.3) is 0 Å². The van der Waals surface area contributed by atoms with Crippen molar-refractivity contribution in [2.45, 2.75) is 26.3 Å². The van der Waals surface area contributed by atoms with Crippen LogP contribution < -0.4 is 10.6 Å². The van der Waals surface area contributed by atoms with Gasteiger partial charge >= 0.3 is 12.0 Å². The highest BCUT2D eigenvalue weighted by Gasteiger charge is 2.22. The second-order valence-corrected chi connectivity index (χ2v) is 3.72. The summed E-state index contributed by atoms with van der Waals surface area (Å²) in [6.07, 6.45) is 4.92. The first-order valence-corrected chi connectivity index (χ1v) is 5.94. The summed E-state index contributed by atoms with van der Waals surface area (Å²) in [5.41, 5.74) is 0. The average molecular weight is 269 g/mol. The second-order valence-electron chi connectivity index (χ2n) is 3.72. The van der Waals surface area contributed by atoms with Gasteiger partial charge in [0.1, 0.15) is 12.6 Å². The summed E-state index contributed by atoms with van der Waals surface area (Å²) in [5, 5.41) is 13.7. The number of hydrogen-bond acceptors (Lipinski definition) is 3. The van der Waals surface area contributed by atoms with Crippen LogP contribution in [0.25, 0.3) is 0 Å². The van der Waals surface area contributed by atoms with E-state index in [-0.39, 0.29) is 25.4 Å². The molecule has 0 bridgehead atoms. The molecule has 7 nitrogen and oxygen atoms in total. The number of terminal acetylenes is 1. The molecule has 0 saturated carbocycles. The van der Waals surface area contributed by atoms with Crippen molar-refractivity contribution in [3.63, 3.8) is 0 Å². The van der Waals surface area contributed by atoms with E-state index in [2.05, 4.69) is 16.6 Å². The predicted molar refractivity (Wildman–Crippen MR) is 69.3 cm³/mol. The van der Waals surface area contributed by atoms with E-state index in [1.54, 1.807) is 13.8 Å². The Morgan fingerprint density at radius 3 is 2.42 bits per heavy atom. The number of nitrogens with zero attached hydrogens (tertiary/aromatic N) is 1. The van der Waals surface area contributed by atoms with Crippen molar-refractivity contribution in [3.8, 4) is 12.3 Å². The summed E-state index contributed by atoms with van der Waals surface area (Å²) in [6.45, 7) is 4.08. The van der Waals surface area contributed by atoms with Gasteiger partial charge in [-0.2, -0.15) is 0 Å². The number of rotatable bonds is 7. The topological polar surface area (TPSA) is 98.7 Å². The van der Waals surface area contributed by atoms with E-state index in [9.17, 15) is 14.4 Å². The van der Waals surface area contributed by atoms with Crippen LogP contribution in [0.15, 0.2) is 0 Å². The maximum atomic E-state index is 11.8. The fraction of sp³-hybridized carbons (Fsp3) is 0.583. The van der Waals surface area contributed by atoms with Gasteiger partial charge in [0, 0.05) is 19.5 Å². The molecule has 19 heavy (non-hydrogen) atoms. The number of aliphatic carboxylic acids is 1. The van der Waals surface area contributed by atoms with Crippen LogP contribution in [-0.2, 0) is 9.59 Å². The number of carboxylic acid groups (broad SMARTS) is 1. The third-order valence-corrected chi connectivity index (χ3v) is 2.30. The number of urea groups is 1. The minimum Gasteiger partial charge on any atom is -0.480 e. The van der Waals surface area contributed by atoms with Crippen LogP contribution in [0.5, 0.6) is 0 Å². The number of likely N-dealkylation sites (N-methyl/N-ethyl adjacent to an activating group) is 2. The van der Waals surface area contributed by atoms with Crippen LogP contribution in [0.2, 0.25) is 0 Å². The third kappa shape index (κ3) is 6.31. The van der Waals surface area contributed by atoms with E-state index in [1.807, 2.05) is 0 Å². The standard InChI is InChI=1S/C12H19N3O4/c1-4-7-9(11(17)18)14-12(19)15(6-3)8-10(16)13-5-2/h1,9H,5-8H2,2-3H3,(H,13,16)(H,14,19)(H,17,18). The zero-order valence-electron chi connectivity index (χ0n) is 11.1. The van der Waals surface area contributed by atoms with E-state index in [0.717, 1.165) is 0 Å². The van der Waals surface area contributed by atoms with Crippen molar-refractivity contribution in [3.05, 3.63) is 0 Å². The molecule has 7 heteroatoms. The quantitative estimate of drug-likeness (QED) is 0.549. The molecule has 3 N–H and O–H groups in total. The molecule has 0 aromatic rings. The Kier molecular flexibility index (Phi) is 7.77. The fourth-order valence-electron chi connectivity index (χ4n) is 1.31. The van der Waals surface area contributed by atoms with Crippen LogP contribution in [-0.4, -0.2) is 53.6 Å². The minimum atomic E-state index is -1.21. The van der Waals surface area contributed by atoms with E-state index in [1.165, 1.54) is 4.90 Å². The molecule has 1 atom stereocenters. The number of carbonyl (C=O) groups excluding carboxylic acids is 2. The largest absolute Gasteiger partial charge is 0.480 e. The molecule has 0 saturated heterocycles. The highest BCUT2D eigenvalue weighted by atomic mass is 16.4. The zero-order chi connectivity index (χ0) is 14.8. The minimum absolute atomic E-state index is 0.111. The smallest absolute Gasteiger partial charge is 0.327 e. The molecule has 0 aliphatic carbocycles. The third-order valence-electron chi connectivity index (χ3n) is 2.30. The van der Waals surface area contributed by atoms with Crippen molar-refractivity contribution in [2.75, 3.05) is 19.6 Å². The van der Waals surface area contributed by atoms with Gasteiger partial charge in [0.05, 0.1) is 0 Å². The maximum absolute atomic E-state index is 11.8. The predicted octanol–water partition coefficient (Wildman–Crippen LogP) is -0.369. The molecule has 0 heterocycles. The summed E-state index contributed by atoms with van der Waals surface area (Å²) in [5.74, 6) is 0.669. The van der Waals surface area contributed by atoms with Crippen LogP contribution in [0.3, 0.4) is 0 Å². The van der Waals surface area contributed by atoms with E-state index in [0.29, 0.717) is 6.54 Å². The maximum Gasteiger partial charge on any atom is 0.327 e. The zero-order valence-corrected chi connectivity index (χ0v) is 11.1. The molecule has 0 spiro atoms. The Balaban J connectivity index is 4.54. The normalized spacial score (nSPS) is 11.0.